The molecule has 1 saturated heterocycles. The summed E-state index contributed by atoms with van der Waals surface area (Å²) in [6, 6.07) is 20.4. The Morgan fingerprint density at radius 1 is 0.909 bits per heavy atom. The Morgan fingerprint density at radius 3 is 2.27 bits per heavy atom. The SMILES string of the molecule is CC(C)Oc1ccc(S(=O)(=O)N2CCN(c3cccnc3OCc3ccccc3)CC2)cc1. The fourth-order valence-corrected chi connectivity index (χ4v) is 5.16. The highest BCUT2D eigenvalue weighted by molar-refractivity contribution is 7.89. The number of benzene rings is 2. The van der Waals surface area contributed by atoms with Gasteiger partial charge >= 0.3 is 0 Å². The molecule has 8 heteroatoms. The van der Waals surface area contributed by atoms with Crippen LogP contribution in [0.5, 0.6) is 11.6 Å². The Bertz CT molecular complexity index is 1140. The van der Waals surface area contributed by atoms with Crippen molar-refractivity contribution in [2.45, 2.75) is 31.5 Å². The first-order chi connectivity index (χ1) is 15.9. The van der Waals surface area contributed by atoms with Crippen molar-refractivity contribution >= 4 is 15.7 Å². The highest BCUT2D eigenvalue weighted by Crippen LogP contribution is 2.29. The van der Waals surface area contributed by atoms with Crippen LogP contribution in [0.2, 0.25) is 0 Å². The van der Waals surface area contributed by atoms with Crippen molar-refractivity contribution in [2.24, 2.45) is 0 Å². The average molecular weight is 468 g/mol. The molecule has 33 heavy (non-hydrogen) atoms. The monoisotopic (exact) mass is 467 g/mol. The number of hydrogen-bond donors (Lipinski definition) is 0. The summed E-state index contributed by atoms with van der Waals surface area (Å²) in [6.45, 7) is 6.19. The van der Waals surface area contributed by atoms with Crippen LogP contribution in [0, 0.1) is 0 Å². The van der Waals surface area contributed by atoms with Crippen LogP contribution in [-0.2, 0) is 16.6 Å². The molecule has 0 radical (unpaired) electrons. The molecule has 0 bridgehead atoms. The van der Waals surface area contributed by atoms with Gasteiger partial charge in [-0.1, -0.05) is 30.3 Å². The Balaban J connectivity index is 1.40. The fraction of sp³-hybridized carbons (Fsp3) is 0.320. The molecule has 1 aromatic heterocycles. The molecular weight excluding hydrogens is 438 g/mol. The molecule has 0 unspecified atom stereocenters. The van der Waals surface area contributed by atoms with Gasteiger partial charge in [-0.3, -0.25) is 0 Å². The van der Waals surface area contributed by atoms with Gasteiger partial charge in [-0.2, -0.15) is 4.31 Å². The number of pyridine rings is 1. The van der Waals surface area contributed by atoms with Crippen molar-refractivity contribution in [3.8, 4) is 11.6 Å². The number of sulfonamides is 1. The van der Waals surface area contributed by atoms with Crippen molar-refractivity contribution in [2.75, 3.05) is 31.1 Å². The molecule has 0 spiro atoms. The van der Waals surface area contributed by atoms with Gasteiger partial charge in [0.1, 0.15) is 12.4 Å². The van der Waals surface area contributed by atoms with E-state index in [1.54, 1.807) is 30.5 Å². The van der Waals surface area contributed by atoms with E-state index in [-0.39, 0.29) is 11.0 Å². The van der Waals surface area contributed by atoms with E-state index >= 15 is 0 Å². The van der Waals surface area contributed by atoms with Crippen LogP contribution in [0.1, 0.15) is 19.4 Å². The lowest BCUT2D eigenvalue weighted by Crippen LogP contribution is -2.48. The first-order valence-corrected chi connectivity index (χ1v) is 12.5. The van der Waals surface area contributed by atoms with E-state index < -0.39 is 10.0 Å². The van der Waals surface area contributed by atoms with Crippen LogP contribution in [0.25, 0.3) is 0 Å². The molecule has 3 aromatic rings. The second-order valence-corrected chi connectivity index (χ2v) is 10.1. The first kappa shape index (κ1) is 23.1. The molecule has 0 aliphatic carbocycles. The van der Waals surface area contributed by atoms with Crippen LogP contribution in [0.4, 0.5) is 5.69 Å². The third kappa shape index (κ3) is 5.64. The molecule has 0 N–H and O–H groups in total. The van der Waals surface area contributed by atoms with Gasteiger partial charge in [0.15, 0.2) is 0 Å². The van der Waals surface area contributed by atoms with Crippen LogP contribution in [-0.4, -0.2) is 50.0 Å². The molecular formula is C25H29N3O4S. The number of anilines is 1. The molecule has 2 aromatic carbocycles. The minimum Gasteiger partial charge on any atom is -0.491 e. The molecule has 174 valence electrons. The lowest BCUT2D eigenvalue weighted by molar-refractivity contribution is 0.242. The van der Waals surface area contributed by atoms with Gasteiger partial charge in [0.2, 0.25) is 15.9 Å². The van der Waals surface area contributed by atoms with E-state index in [0.29, 0.717) is 44.4 Å². The van der Waals surface area contributed by atoms with E-state index in [0.717, 1.165) is 11.3 Å². The normalized spacial score (nSPS) is 14.9. The molecule has 7 nitrogen and oxygen atoms in total. The van der Waals surface area contributed by atoms with Gasteiger partial charge in [0, 0.05) is 32.4 Å². The second kappa shape index (κ2) is 10.2. The third-order valence-electron chi connectivity index (χ3n) is 5.38. The summed E-state index contributed by atoms with van der Waals surface area (Å²) in [5, 5.41) is 0. The summed E-state index contributed by atoms with van der Waals surface area (Å²) < 4.78 is 39.4. The Labute approximate surface area is 195 Å². The lowest BCUT2D eigenvalue weighted by Gasteiger charge is -2.35. The summed E-state index contributed by atoms with van der Waals surface area (Å²) in [4.78, 5) is 6.81. The Kier molecular flexibility index (Phi) is 7.15. The number of piperazine rings is 1. The quantitative estimate of drug-likeness (QED) is 0.499. The minimum absolute atomic E-state index is 0.0366. The summed E-state index contributed by atoms with van der Waals surface area (Å²) in [5.74, 6) is 1.21. The lowest BCUT2D eigenvalue weighted by atomic mass is 10.2. The molecule has 0 amide bonds. The van der Waals surface area contributed by atoms with Crippen LogP contribution in [0.15, 0.2) is 77.8 Å². The van der Waals surface area contributed by atoms with Gasteiger partial charge in [-0.25, -0.2) is 13.4 Å². The standard InChI is InChI=1S/C25H29N3O4S/c1-20(2)32-22-10-12-23(13-11-22)33(29,30)28-17-15-27(16-18-28)24-9-6-14-26-25(24)31-19-21-7-4-3-5-8-21/h3-14,20H,15-19H2,1-2H3. The highest BCUT2D eigenvalue weighted by atomic mass is 32.2. The zero-order chi connectivity index (χ0) is 23.3. The first-order valence-electron chi connectivity index (χ1n) is 11.1. The average Bonchev–Trinajstić information content (AvgIpc) is 2.84. The van der Waals surface area contributed by atoms with Crippen molar-refractivity contribution in [1.82, 2.24) is 9.29 Å². The molecule has 4 rings (SSSR count). The number of hydrogen-bond acceptors (Lipinski definition) is 6. The second-order valence-electron chi connectivity index (χ2n) is 8.13. The molecule has 1 fully saturated rings. The summed E-state index contributed by atoms with van der Waals surface area (Å²) in [7, 11) is -3.57. The van der Waals surface area contributed by atoms with Gasteiger partial charge in [0.25, 0.3) is 0 Å². The zero-order valence-corrected chi connectivity index (χ0v) is 19.7. The Hall–Kier alpha value is -3.10. The van der Waals surface area contributed by atoms with E-state index in [1.165, 1.54) is 4.31 Å². The predicted octanol–water partition coefficient (Wildman–Crippen LogP) is 3.96. The van der Waals surface area contributed by atoms with Gasteiger partial charge in [0.05, 0.1) is 16.7 Å². The summed E-state index contributed by atoms with van der Waals surface area (Å²) in [5.41, 5.74) is 1.94. The van der Waals surface area contributed by atoms with Crippen LogP contribution in [0.3, 0.4) is 0 Å². The predicted molar refractivity (Wildman–Crippen MR) is 128 cm³/mol. The number of aromatic nitrogens is 1. The smallest absolute Gasteiger partial charge is 0.243 e. The zero-order valence-electron chi connectivity index (χ0n) is 18.9. The minimum atomic E-state index is -3.57. The van der Waals surface area contributed by atoms with Crippen molar-refractivity contribution in [1.29, 1.82) is 0 Å². The van der Waals surface area contributed by atoms with E-state index in [2.05, 4.69) is 9.88 Å². The third-order valence-corrected chi connectivity index (χ3v) is 7.29. The molecule has 1 aliphatic heterocycles. The number of ether oxygens (including phenoxy) is 2. The molecule has 0 saturated carbocycles. The number of nitrogens with zero attached hydrogens (tertiary/aromatic N) is 3. The van der Waals surface area contributed by atoms with Crippen LogP contribution < -0.4 is 14.4 Å². The molecule has 1 aliphatic rings. The van der Waals surface area contributed by atoms with Gasteiger partial charge in [-0.05, 0) is 55.8 Å². The molecule has 0 atom stereocenters. The summed E-state index contributed by atoms with van der Waals surface area (Å²) in [6.07, 6.45) is 1.74. The summed E-state index contributed by atoms with van der Waals surface area (Å²) >= 11 is 0. The number of rotatable bonds is 8. The van der Waals surface area contributed by atoms with Crippen molar-refractivity contribution in [3.63, 3.8) is 0 Å². The molecule has 2 heterocycles. The Morgan fingerprint density at radius 2 is 1.61 bits per heavy atom. The van der Waals surface area contributed by atoms with Crippen molar-refractivity contribution in [3.05, 3.63) is 78.5 Å². The largest absolute Gasteiger partial charge is 0.491 e. The maximum absolute atomic E-state index is 13.1. The van der Waals surface area contributed by atoms with E-state index in [9.17, 15) is 8.42 Å². The van der Waals surface area contributed by atoms with E-state index in [1.807, 2.05) is 56.3 Å². The van der Waals surface area contributed by atoms with Gasteiger partial charge in [-0.15, -0.1) is 0 Å². The maximum atomic E-state index is 13.1. The topological polar surface area (TPSA) is 72.0 Å². The highest BCUT2D eigenvalue weighted by Gasteiger charge is 2.29. The van der Waals surface area contributed by atoms with Gasteiger partial charge < -0.3 is 14.4 Å². The van der Waals surface area contributed by atoms with Crippen molar-refractivity contribution < 1.29 is 17.9 Å². The van der Waals surface area contributed by atoms with E-state index in [4.69, 9.17) is 9.47 Å². The van der Waals surface area contributed by atoms with Crippen LogP contribution >= 0.6 is 0 Å². The maximum Gasteiger partial charge on any atom is 0.243 e. The fourth-order valence-electron chi connectivity index (χ4n) is 3.74.